The first-order chi connectivity index (χ1) is 7.13. The standard InChI is InChI=1S/C11H12BrClFN/c1-8(5-13)6-15-7-9-4-10(12)2-3-11(9)14/h2-5,15H,6-7H2,1H3/b8-5-. The minimum atomic E-state index is -0.196. The van der Waals surface area contributed by atoms with Crippen LogP contribution in [0.5, 0.6) is 0 Å². The van der Waals surface area contributed by atoms with Gasteiger partial charge in [0.2, 0.25) is 0 Å². The molecule has 15 heavy (non-hydrogen) atoms. The molecule has 0 aromatic heterocycles. The van der Waals surface area contributed by atoms with E-state index in [2.05, 4.69) is 21.2 Å². The highest BCUT2D eigenvalue weighted by atomic mass is 79.9. The Morgan fingerprint density at radius 1 is 1.60 bits per heavy atom. The average molecular weight is 293 g/mol. The Labute approximate surface area is 102 Å². The molecule has 0 aliphatic heterocycles. The summed E-state index contributed by atoms with van der Waals surface area (Å²) in [6.45, 7) is 3.07. The van der Waals surface area contributed by atoms with E-state index in [9.17, 15) is 4.39 Å². The molecule has 1 N–H and O–H groups in total. The summed E-state index contributed by atoms with van der Waals surface area (Å²) in [5.41, 5.74) is 3.18. The maximum absolute atomic E-state index is 13.3. The molecule has 0 aliphatic carbocycles. The number of halogens is 3. The maximum atomic E-state index is 13.3. The van der Waals surface area contributed by atoms with Crippen molar-refractivity contribution >= 4 is 27.5 Å². The van der Waals surface area contributed by atoms with Crippen LogP contribution in [0.3, 0.4) is 0 Å². The number of rotatable bonds is 4. The normalized spacial score (nSPS) is 11.9. The van der Waals surface area contributed by atoms with Gasteiger partial charge in [0.05, 0.1) is 0 Å². The highest BCUT2D eigenvalue weighted by Crippen LogP contribution is 2.15. The Hall–Kier alpha value is -0.380. The van der Waals surface area contributed by atoms with Crippen LogP contribution >= 0.6 is 27.5 Å². The van der Waals surface area contributed by atoms with Gasteiger partial charge >= 0.3 is 0 Å². The Morgan fingerprint density at radius 3 is 3.00 bits per heavy atom. The van der Waals surface area contributed by atoms with Gasteiger partial charge in [-0.1, -0.05) is 27.5 Å². The maximum Gasteiger partial charge on any atom is 0.127 e. The molecule has 0 saturated heterocycles. The SMILES string of the molecule is C/C(=C/Cl)CNCc1cc(Br)ccc1F. The van der Waals surface area contributed by atoms with Gasteiger partial charge in [-0.15, -0.1) is 0 Å². The first-order valence-corrected chi connectivity index (χ1v) is 5.77. The van der Waals surface area contributed by atoms with Gasteiger partial charge in [0.15, 0.2) is 0 Å². The van der Waals surface area contributed by atoms with Crippen molar-refractivity contribution in [1.82, 2.24) is 5.32 Å². The van der Waals surface area contributed by atoms with Gasteiger partial charge in [-0.2, -0.15) is 0 Å². The number of hydrogen-bond acceptors (Lipinski definition) is 1. The second-order valence-electron chi connectivity index (χ2n) is 3.29. The zero-order valence-corrected chi connectivity index (χ0v) is 10.7. The lowest BCUT2D eigenvalue weighted by Gasteiger charge is -2.06. The van der Waals surface area contributed by atoms with E-state index in [4.69, 9.17) is 11.6 Å². The zero-order chi connectivity index (χ0) is 11.3. The first kappa shape index (κ1) is 12.7. The van der Waals surface area contributed by atoms with Crippen LogP contribution < -0.4 is 5.32 Å². The molecule has 82 valence electrons. The summed E-state index contributed by atoms with van der Waals surface area (Å²) in [5, 5.41) is 3.11. The fourth-order valence-electron chi connectivity index (χ4n) is 1.11. The molecular weight excluding hydrogens is 280 g/mol. The fraction of sp³-hybridized carbons (Fsp3) is 0.273. The second-order valence-corrected chi connectivity index (χ2v) is 4.43. The van der Waals surface area contributed by atoms with E-state index in [1.54, 1.807) is 12.1 Å². The number of nitrogens with one attached hydrogen (secondary N) is 1. The Balaban J connectivity index is 2.54. The van der Waals surface area contributed by atoms with E-state index in [1.165, 1.54) is 11.6 Å². The number of benzene rings is 1. The Kier molecular flexibility index (Phi) is 5.29. The van der Waals surface area contributed by atoms with Crippen molar-refractivity contribution < 1.29 is 4.39 Å². The van der Waals surface area contributed by atoms with E-state index in [0.29, 0.717) is 18.7 Å². The Morgan fingerprint density at radius 2 is 2.33 bits per heavy atom. The van der Waals surface area contributed by atoms with Gasteiger partial charge in [-0.05, 0) is 30.7 Å². The molecule has 0 bridgehead atoms. The van der Waals surface area contributed by atoms with Crippen molar-refractivity contribution in [3.05, 3.63) is 45.2 Å². The molecule has 0 atom stereocenters. The summed E-state index contributed by atoms with van der Waals surface area (Å²) >= 11 is 8.81. The second kappa shape index (κ2) is 6.26. The largest absolute Gasteiger partial charge is 0.309 e. The lowest BCUT2D eigenvalue weighted by atomic mass is 10.2. The van der Waals surface area contributed by atoms with Gasteiger partial charge in [-0.25, -0.2) is 4.39 Å². The van der Waals surface area contributed by atoms with Crippen molar-refractivity contribution in [2.45, 2.75) is 13.5 Å². The van der Waals surface area contributed by atoms with Crippen LogP contribution in [0.25, 0.3) is 0 Å². The van der Waals surface area contributed by atoms with Crippen LogP contribution in [0.2, 0.25) is 0 Å². The predicted molar refractivity (Wildman–Crippen MR) is 65.4 cm³/mol. The molecule has 1 aromatic rings. The molecule has 0 aliphatic rings. The van der Waals surface area contributed by atoms with E-state index < -0.39 is 0 Å². The third-order valence-electron chi connectivity index (χ3n) is 1.91. The van der Waals surface area contributed by atoms with E-state index >= 15 is 0 Å². The predicted octanol–water partition coefficient (Wildman–Crippen LogP) is 3.82. The van der Waals surface area contributed by atoms with Gasteiger partial charge in [-0.3, -0.25) is 0 Å². The van der Waals surface area contributed by atoms with Crippen LogP contribution in [-0.4, -0.2) is 6.54 Å². The summed E-state index contributed by atoms with van der Waals surface area (Å²) in [7, 11) is 0. The highest BCUT2D eigenvalue weighted by molar-refractivity contribution is 9.10. The van der Waals surface area contributed by atoms with Gasteiger partial charge in [0.1, 0.15) is 5.82 Å². The van der Waals surface area contributed by atoms with Gasteiger partial charge in [0.25, 0.3) is 0 Å². The van der Waals surface area contributed by atoms with E-state index in [1.807, 2.05) is 6.92 Å². The van der Waals surface area contributed by atoms with Crippen molar-refractivity contribution in [1.29, 1.82) is 0 Å². The van der Waals surface area contributed by atoms with Crippen molar-refractivity contribution in [3.63, 3.8) is 0 Å². The van der Waals surface area contributed by atoms with Crippen LogP contribution in [0.1, 0.15) is 12.5 Å². The van der Waals surface area contributed by atoms with Crippen LogP contribution in [0.15, 0.2) is 33.8 Å². The molecule has 0 fully saturated rings. The fourth-order valence-corrected chi connectivity index (χ4v) is 1.60. The van der Waals surface area contributed by atoms with Crippen LogP contribution in [0.4, 0.5) is 4.39 Å². The summed E-state index contributed by atoms with van der Waals surface area (Å²) in [5.74, 6) is -0.196. The van der Waals surface area contributed by atoms with Crippen LogP contribution in [-0.2, 0) is 6.54 Å². The molecule has 1 rings (SSSR count). The molecule has 1 nitrogen and oxygen atoms in total. The Bertz CT molecular complexity index is 366. The molecule has 0 heterocycles. The monoisotopic (exact) mass is 291 g/mol. The minimum Gasteiger partial charge on any atom is -0.309 e. The molecule has 0 unspecified atom stereocenters. The van der Waals surface area contributed by atoms with Crippen molar-refractivity contribution in [2.24, 2.45) is 0 Å². The molecule has 0 amide bonds. The van der Waals surface area contributed by atoms with E-state index in [-0.39, 0.29) is 5.82 Å². The summed E-state index contributed by atoms with van der Waals surface area (Å²) in [4.78, 5) is 0. The quantitative estimate of drug-likeness (QED) is 0.889. The lowest BCUT2D eigenvalue weighted by Crippen LogP contribution is -2.16. The van der Waals surface area contributed by atoms with Crippen LogP contribution in [0, 0.1) is 5.82 Å². The molecule has 0 radical (unpaired) electrons. The van der Waals surface area contributed by atoms with Gasteiger partial charge < -0.3 is 5.32 Å². The molecule has 0 saturated carbocycles. The highest BCUT2D eigenvalue weighted by Gasteiger charge is 2.01. The zero-order valence-electron chi connectivity index (χ0n) is 8.36. The third kappa shape index (κ3) is 4.33. The molecular formula is C11H12BrClFN. The van der Waals surface area contributed by atoms with Crippen molar-refractivity contribution in [2.75, 3.05) is 6.54 Å². The van der Waals surface area contributed by atoms with Crippen molar-refractivity contribution in [3.8, 4) is 0 Å². The smallest absolute Gasteiger partial charge is 0.127 e. The van der Waals surface area contributed by atoms with Gasteiger partial charge in [0, 0.05) is 28.7 Å². The lowest BCUT2D eigenvalue weighted by molar-refractivity contribution is 0.594. The summed E-state index contributed by atoms with van der Waals surface area (Å²) in [6, 6.07) is 4.90. The van der Waals surface area contributed by atoms with E-state index in [0.717, 1.165) is 10.0 Å². The molecule has 0 spiro atoms. The average Bonchev–Trinajstić information content (AvgIpc) is 2.23. The molecule has 1 aromatic carbocycles. The number of hydrogen-bond donors (Lipinski definition) is 1. The minimum absolute atomic E-state index is 0.196. The first-order valence-electron chi connectivity index (χ1n) is 4.54. The third-order valence-corrected chi connectivity index (χ3v) is 2.78. The summed E-state index contributed by atoms with van der Waals surface area (Å²) in [6.07, 6.45) is 0. The molecule has 4 heteroatoms. The summed E-state index contributed by atoms with van der Waals surface area (Å²) < 4.78 is 14.2. The topological polar surface area (TPSA) is 12.0 Å².